The van der Waals surface area contributed by atoms with Gasteiger partial charge in [-0.15, -0.1) is 0 Å². The molecule has 1 aliphatic heterocycles. The van der Waals surface area contributed by atoms with Gasteiger partial charge in [0.15, 0.2) is 0 Å². The van der Waals surface area contributed by atoms with Crippen molar-refractivity contribution in [3.8, 4) is 0 Å². The topological polar surface area (TPSA) is 58.2 Å². The maximum Gasteiger partial charge on any atom is 0.211 e. The predicted molar refractivity (Wildman–Crippen MR) is 77.3 cm³/mol. The summed E-state index contributed by atoms with van der Waals surface area (Å²) in [5.41, 5.74) is 0.755. The maximum atomic E-state index is 12.7. The highest BCUT2D eigenvalue weighted by Crippen LogP contribution is 2.11. The van der Waals surface area contributed by atoms with Gasteiger partial charge in [-0.1, -0.05) is 18.6 Å². The minimum absolute atomic E-state index is 0.131. The lowest BCUT2D eigenvalue weighted by Gasteiger charge is -2.23. The fourth-order valence-corrected chi connectivity index (χ4v) is 3.46. The van der Waals surface area contributed by atoms with Crippen molar-refractivity contribution >= 4 is 10.0 Å². The van der Waals surface area contributed by atoms with Crippen LogP contribution in [0.25, 0.3) is 0 Å². The highest BCUT2D eigenvalue weighted by Gasteiger charge is 2.17. The van der Waals surface area contributed by atoms with E-state index in [4.69, 9.17) is 0 Å². The van der Waals surface area contributed by atoms with Gasteiger partial charge in [-0.2, -0.15) is 0 Å². The molecule has 1 unspecified atom stereocenters. The zero-order valence-electron chi connectivity index (χ0n) is 11.4. The SMILES string of the molecule is O=S(=O)(CCC1CCCCN1)NCc1ccc(F)cc1. The van der Waals surface area contributed by atoms with Crippen LogP contribution in [0.2, 0.25) is 0 Å². The van der Waals surface area contributed by atoms with Crippen LogP contribution in [0.5, 0.6) is 0 Å². The van der Waals surface area contributed by atoms with Crippen LogP contribution in [0, 0.1) is 5.82 Å². The molecule has 0 saturated carbocycles. The molecule has 1 aromatic rings. The average Bonchev–Trinajstić information content (AvgIpc) is 2.46. The zero-order chi connectivity index (χ0) is 14.4. The minimum atomic E-state index is -3.27. The van der Waals surface area contributed by atoms with Crippen LogP contribution in [0.1, 0.15) is 31.2 Å². The molecule has 0 bridgehead atoms. The Kier molecular flexibility index (Phi) is 5.51. The molecular weight excluding hydrogens is 279 g/mol. The Morgan fingerprint density at radius 1 is 1.25 bits per heavy atom. The van der Waals surface area contributed by atoms with E-state index in [2.05, 4.69) is 10.0 Å². The number of rotatable bonds is 6. The molecule has 6 heteroatoms. The summed E-state index contributed by atoms with van der Waals surface area (Å²) in [6.07, 6.45) is 4.03. The van der Waals surface area contributed by atoms with E-state index in [0.29, 0.717) is 12.5 Å². The van der Waals surface area contributed by atoms with Crippen molar-refractivity contribution in [2.45, 2.75) is 38.3 Å². The molecule has 1 aliphatic rings. The van der Waals surface area contributed by atoms with Crippen molar-refractivity contribution in [2.24, 2.45) is 0 Å². The summed E-state index contributed by atoms with van der Waals surface area (Å²) in [6, 6.07) is 6.14. The lowest BCUT2D eigenvalue weighted by Crippen LogP contribution is -2.37. The van der Waals surface area contributed by atoms with E-state index in [1.54, 1.807) is 12.1 Å². The molecule has 0 aliphatic carbocycles. The molecule has 1 aromatic carbocycles. The number of hydrogen-bond acceptors (Lipinski definition) is 3. The van der Waals surface area contributed by atoms with Crippen LogP contribution in [0.15, 0.2) is 24.3 Å². The lowest BCUT2D eigenvalue weighted by molar-refractivity contribution is 0.392. The third-order valence-electron chi connectivity index (χ3n) is 3.56. The van der Waals surface area contributed by atoms with Crippen molar-refractivity contribution in [2.75, 3.05) is 12.3 Å². The first-order valence-corrected chi connectivity index (χ1v) is 8.65. The van der Waals surface area contributed by atoms with Gasteiger partial charge in [0.05, 0.1) is 5.75 Å². The Labute approximate surface area is 119 Å². The number of hydrogen-bond donors (Lipinski definition) is 2. The third-order valence-corrected chi connectivity index (χ3v) is 4.91. The summed E-state index contributed by atoms with van der Waals surface area (Å²) in [7, 11) is -3.27. The summed E-state index contributed by atoms with van der Waals surface area (Å²) >= 11 is 0. The molecule has 4 nitrogen and oxygen atoms in total. The van der Waals surface area contributed by atoms with Crippen LogP contribution < -0.4 is 10.0 Å². The minimum Gasteiger partial charge on any atom is -0.314 e. The molecule has 0 aromatic heterocycles. The first kappa shape index (κ1) is 15.4. The van der Waals surface area contributed by atoms with Crippen molar-refractivity contribution in [1.82, 2.24) is 10.0 Å². The third kappa shape index (κ3) is 5.19. The molecule has 20 heavy (non-hydrogen) atoms. The maximum absolute atomic E-state index is 12.7. The predicted octanol–water partition coefficient (Wildman–Crippen LogP) is 1.78. The Balaban J connectivity index is 1.76. The average molecular weight is 300 g/mol. The Morgan fingerprint density at radius 3 is 2.65 bits per heavy atom. The summed E-state index contributed by atoms with van der Waals surface area (Å²) in [5.74, 6) is -0.189. The van der Waals surface area contributed by atoms with E-state index in [-0.39, 0.29) is 18.1 Å². The molecule has 0 amide bonds. The molecule has 1 saturated heterocycles. The summed E-state index contributed by atoms with van der Waals surface area (Å²) < 4.78 is 39.1. The molecule has 1 fully saturated rings. The molecule has 1 atom stereocenters. The van der Waals surface area contributed by atoms with Gasteiger partial charge in [-0.25, -0.2) is 17.5 Å². The van der Waals surface area contributed by atoms with E-state index < -0.39 is 10.0 Å². The highest BCUT2D eigenvalue weighted by atomic mass is 32.2. The van der Waals surface area contributed by atoms with E-state index in [0.717, 1.165) is 18.5 Å². The molecule has 0 radical (unpaired) electrons. The fourth-order valence-electron chi connectivity index (χ4n) is 2.34. The van der Waals surface area contributed by atoms with E-state index in [1.165, 1.54) is 25.0 Å². The quantitative estimate of drug-likeness (QED) is 0.842. The van der Waals surface area contributed by atoms with Crippen molar-refractivity contribution in [1.29, 1.82) is 0 Å². The molecule has 2 rings (SSSR count). The van der Waals surface area contributed by atoms with Crippen LogP contribution in [0.4, 0.5) is 4.39 Å². The number of piperidine rings is 1. The summed E-state index contributed by atoms with van der Waals surface area (Å²) in [4.78, 5) is 0. The second-order valence-corrected chi connectivity index (χ2v) is 7.13. The normalized spacial score (nSPS) is 19.9. The monoisotopic (exact) mass is 300 g/mol. The molecule has 112 valence electrons. The second kappa shape index (κ2) is 7.15. The van der Waals surface area contributed by atoms with E-state index >= 15 is 0 Å². The van der Waals surface area contributed by atoms with E-state index in [9.17, 15) is 12.8 Å². The Hall–Kier alpha value is -0.980. The number of halogens is 1. The molecule has 0 spiro atoms. The standard InChI is InChI=1S/C14H21FN2O2S/c15-13-6-4-12(5-7-13)11-17-20(18,19)10-8-14-3-1-2-9-16-14/h4-7,14,16-17H,1-3,8-11H2. The largest absolute Gasteiger partial charge is 0.314 e. The smallest absolute Gasteiger partial charge is 0.211 e. The van der Waals surface area contributed by atoms with Gasteiger partial charge in [-0.05, 0) is 43.5 Å². The lowest BCUT2D eigenvalue weighted by atomic mass is 10.0. The first-order chi connectivity index (χ1) is 9.55. The number of nitrogens with one attached hydrogen (secondary N) is 2. The van der Waals surface area contributed by atoms with Gasteiger partial charge in [0, 0.05) is 12.6 Å². The van der Waals surface area contributed by atoms with Crippen molar-refractivity contribution < 1.29 is 12.8 Å². The first-order valence-electron chi connectivity index (χ1n) is 7.00. The van der Waals surface area contributed by atoms with Crippen LogP contribution >= 0.6 is 0 Å². The number of benzene rings is 1. The highest BCUT2D eigenvalue weighted by molar-refractivity contribution is 7.89. The van der Waals surface area contributed by atoms with Gasteiger partial charge in [0.2, 0.25) is 10.0 Å². The Morgan fingerprint density at radius 2 is 2.00 bits per heavy atom. The second-order valence-electron chi connectivity index (χ2n) is 5.20. The van der Waals surface area contributed by atoms with Crippen molar-refractivity contribution in [3.63, 3.8) is 0 Å². The summed E-state index contributed by atoms with van der Waals surface area (Å²) in [5, 5.41) is 3.34. The van der Waals surface area contributed by atoms with Gasteiger partial charge < -0.3 is 5.32 Å². The van der Waals surface area contributed by atoms with Crippen LogP contribution in [-0.4, -0.2) is 26.8 Å². The zero-order valence-corrected chi connectivity index (χ0v) is 12.3. The van der Waals surface area contributed by atoms with Gasteiger partial charge >= 0.3 is 0 Å². The molecule has 1 heterocycles. The van der Waals surface area contributed by atoms with Crippen molar-refractivity contribution in [3.05, 3.63) is 35.6 Å². The fraction of sp³-hybridized carbons (Fsp3) is 0.571. The van der Waals surface area contributed by atoms with E-state index in [1.807, 2.05) is 0 Å². The van der Waals surface area contributed by atoms with Crippen LogP contribution in [0.3, 0.4) is 0 Å². The number of sulfonamides is 1. The van der Waals surface area contributed by atoms with Crippen LogP contribution in [-0.2, 0) is 16.6 Å². The molecular formula is C14H21FN2O2S. The van der Waals surface area contributed by atoms with Gasteiger partial charge in [0.1, 0.15) is 5.82 Å². The van der Waals surface area contributed by atoms with Gasteiger partial charge in [0.25, 0.3) is 0 Å². The Bertz CT molecular complexity index is 510. The molecule has 2 N–H and O–H groups in total. The van der Waals surface area contributed by atoms with Gasteiger partial charge in [-0.3, -0.25) is 0 Å². The summed E-state index contributed by atoms with van der Waals surface area (Å²) in [6.45, 7) is 1.19.